The van der Waals surface area contributed by atoms with Gasteiger partial charge in [0.1, 0.15) is 5.25 Å². The van der Waals surface area contributed by atoms with Gasteiger partial charge in [-0.05, 0) is 47.4 Å². The van der Waals surface area contributed by atoms with Gasteiger partial charge >= 0.3 is 0 Å². The van der Waals surface area contributed by atoms with E-state index in [1.807, 2.05) is 75.4 Å². The molecule has 3 aromatic carbocycles. The van der Waals surface area contributed by atoms with E-state index in [1.165, 1.54) is 11.8 Å². The fourth-order valence-corrected chi connectivity index (χ4v) is 4.37. The summed E-state index contributed by atoms with van der Waals surface area (Å²) in [6.45, 7) is 6.05. The Morgan fingerprint density at radius 2 is 1.47 bits per heavy atom. The highest BCUT2D eigenvalue weighted by atomic mass is 32.2. The summed E-state index contributed by atoms with van der Waals surface area (Å²) in [5, 5.41) is 5.20. The van der Waals surface area contributed by atoms with Crippen molar-refractivity contribution in [1.29, 1.82) is 0 Å². The normalized spacial score (nSPS) is 12.0. The average molecular weight is 476 g/mol. The second kappa shape index (κ2) is 11.0. The van der Waals surface area contributed by atoms with Crippen LogP contribution in [0.15, 0.2) is 83.8 Å². The molecule has 0 aliphatic rings. The quantitative estimate of drug-likeness (QED) is 0.367. The summed E-state index contributed by atoms with van der Waals surface area (Å²) in [4.78, 5) is 38.1. The third-order valence-electron chi connectivity index (χ3n) is 4.87. The van der Waals surface area contributed by atoms with Crippen LogP contribution in [-0.4, -0.2) is 17.7 Å². The predicted molar refractivity (Wildman–Crippen MR) is 138 cm³/mol. The SMILES string of the molecule is CC(C)(C)CC(=O)Nc1ccc(SC(C(=O)Nc2ccccc2C(N)=O)c2ccccc2)cc1. The molecule has 0 saturated heterocycles. The van der Waals surface area contributed by atoms with Gasteiger partial charge in [0.05, 0.1) is 11.3 Å². The van der Waals surface area contributed by atoms with Crippen LogP contribution >= 0.6 is 11.8 Å². The van der Waals surface area contributed by atoms with Gasteiger partial charge < -0.3 is 16.4 Å². The van der Waals surface area contributed by atoms with Crippen LogP contribution in [0.5, 0.6) is 0 Å². The monoisotopic (exact) mass is 475 g/mol. The maximum atomic E-state index is 13.3. The number of para-hydroxylation sites is 1. The molecule has 0 aliphatic carbocycles. The van der Waals surface area contributed by atoms with Gasteiger partial charge in [-0.25, -0.2) is 0 Å². The van der Waals surface area contributed by atoms with E-state index in [0.717, 1.165) is 10.5 Å². The molecule has 4 N–H and O–H groups in total. The zero-order chi connectivity index (χ0) is 24.7. The van der Waals surface area contributed by atoms with Crippen LogP contribution in [0.4, 0.5) is 11.4 Å². The first kappa shape index (κ1) is 25.1. The first-order valence-electron chi connectivity index (χ1n) is 10.9. The third kappa shape index (κ3) is 7.22. The average Bonchev–Trinajstić information content (AvgIpc) is 2.78. The standard InChI is InChI=1S/C27H29N3O3S/c1-27(2,3)17-23(31)29-19-13-15-20(16-14-19)34-24(18-9-5-4-6-10-18)26(33)30-22-12-8-7-11-21(22)25(28)32/h4-16,24H,17H2,1-3H3,(H2,28,32)(H,29,31)(H,30,33). The van der Waals surface area contributed by atoms with Crippen molar-refractivity contribution in [2.24, 2.45) is 11.1 Å². The van der Waals surface area contributed by atoms with Crippen LogP contribution in [-0.2, 0) is 9.59 Å². The number of benzene rings is 3. The molecule has 1 atom stereocenters. The zero-order valence-electron chi connectivity index (χ0n) is 19.5. The molecule has 0 heterocycles. The first-order valence-corrected chi connectivity index (χ1v) is 11.8. The number of nitrogens with two attached hydrogens (primary N) is 1. The van der Waals surface area contributed by atoms with Crippen LogP contribution < -0.4 is 16.4 Å². The van der Waals surface area contributed by atoms with Gasteiger partial charge in [-0.3, -0.25) is 14.4 Å². The molecular weight excluding hydrogens is 446 g/mol. The van der Waals surface area contributed by atoms with Gasteiger partial charge in [-0.2, -0.15) is 0 Å². The van der Waals surface area contributed by atoms with Crippen molar-refractivity contribution in [3.8, 4) is 0 Å². The second-order valence-electron chi connectivity index (χ2n) is 9.12. The number of anilines is 2. The minimum atomic E-state index is -0.607. The number of carbonyl (C=O) groups excluding carboxylic acids is 3. The predicted octanol–water partition coefficient (Wildman–Crippen LogP) is 5.63. The molecule has 3 amide bonds. The molecule has 176 valence electrons. The Bertz CT molecular complexity index is 1160. The lowest BCUT2D eigenvalue weighted by Crippen LogP contribution is -2.22. The largest absolute Gasteiger partial charge is 0.366 e. The van der Waals surface area contributed by atoms with E-state index in [2.05, 4.69) is 10.6 Å². The smallest absolute Gasteiger partial charge is 0.250 e. The van der Waals surface area contributed by atoms with Crippen molar-refractivity contribution in [1.82, 2.24) is 0 Å². The Morgan fingerprint density at radius 3 is 2.09 bits per heavy atom. The van der Waals surface area contributed by atoms with Gasteiger partial charge in [-0.1, -0.05) is 63.2 Å². The molecule has 0 aromatic heterocycles. The molecule has 0 bridgehead atoms. The van der Waals surface area contributed by atoms with E-state index in [-0.39, 0.29) is 22.8 Å². The number of hydrogen-bond donors (Lipinski definition) is 3. The Morgan fingerprint density at radius 1 is 0.853 bits per heavy atom. The fourth-order valence-electron chi connectivity index (χ4n) is 3.35. The zero-order valence-corrected chi connectivity index (χ0v) is 20.3. The molecule has 0 aliphatic heterocycles. The number of thioether (sulfide) groups is 1. The number of rotatable bonds is 8. The molecule has 7 heteroatoms. The maximum absolute atomic E-state index is 13.3. The van der Waals surface area contributed by atoms with Gasteiger partial charge in [0.15, 0.2) is 0 Å². The number of carbonyl (C=O) groups is 3. The number of hydrogen-bond acceptors (Lipinski definition) is 4. The van der Waals surface area contributed by atoms with E-state index in [4.69, 9.17) is 5.73 Å². The van der Waals surface area contributed by atoms with Crippen molar-refractivity contribution in [2.45, 2.75) is 37.3 Å². The molecule has 0 fully saturated rings. The number of amides is 3. The van der Waals surface area contributed by atoms with E-state index in [9.17, 15) is 14.4 Å². The van der Waals surface area contributed by atoms with E-state index in [1.54, 1.807) is 24.3 Å². The summed E-state index contributed by atoms with van der Waals surface area (Å²) >= 11 is 1.38. The lowest BCUT2D eigenvalue weighted by molar-refractivity contribution is -0.118. The van der Waals surface area contributed by atoms with Crippen LogP contribution in [0.3, 0.4) is 0 Å². The molecule has 0 radical (unpaired) electrons. The second-order valence-corrected chi connectivity index (χ2v) is 10.3. The Balaban J connectivity index is 1.78. The molecule has 3 rings (SSSR count). The first-order chi connectivity index (χ1) is 16.1. The van der Waals surface area contributed by atoms with Crippen molar-refractivity contribution in [2.75, 3.05) is 10.6 Å². The molecule has 0 spiro atoms. The molecule has 3 aromatic rings. The summed E-state index contributed by atoms with van der Waals surface area (Å²) in [7, 11) is 0. The summed E-state index contributed by atoms with van der Waals surface area (Å²) in [6.07, 6.45) is 0.423. The summed E-state index contributed by atoms with van der Waals surface area (Å²) < 4.78 is 0. The van der Waals surface area contributed by atoms with Crippen molar-refractivity contribution < 1.29 is 14.4 Å². The van der Waals surface area contributed by atoms with Crippen LogP contribution in [0.1, 0.15) is 48.4 Å². The minimum Gasteiger partial charge on any atom is -0.366 e. The highest BCUT2D eigenvalue weighted by molar-refractivity contribution is 8.00. The molecule has 0 saturated carbocycles. The highest BCUT2D eigenvalue weighted by Crippen LogP contribution is 2.37. The van der Waals surface area contributed by atoms with Gasteiger partial charge in [0, 0.05) is 17.0 Å². The number of nitrogens with one attached hydrogen (secondary N) is 2. The Labute approximate surface area is 204 Å². The Kier molecular flexibility index (Phi) is 8.12. The lowest BCUT2D eigenvalue weighted by atomic mass is 9.92. The summed E-state index contributed by atoms with van der Waals surface area (Å²) in [5.41, 5.74) is 7.52. The lowest BCUT2D eigenvalue weighted by Gasteiger charge is -2.19. The van der Waals surface area contributed by atoms with Crippen LogP contribution in [0.25, 0.3) is 0 Å². The summed E-state index contributed by atoms with van der Waals surface area (Å²) in [6, 6.07) is 23.5. The van der Waals surface area contributed by atoms with E-state index >= 15 is 0 Å². The van der Waals surface area contributed by atoms with Gasteiger partial charge in [0.25, 0.3) is 5.91 Å². The topological polar surface area (TPSA) is 101 Å². The van der Waals surface area contributed by atoms with Crippen molar-refractivity contribution in [3.05, 3.63) is 90.0 Å². The molecule has 6 nitrogen and oxygen atoms in total. The fraction of sp³-hybridized carbons (Fsp3) is 0.222. The van der Waals surface area contributed by atoms with Crippen LogP contribution in [0.2, 0.25) is 0 Å². The van der Waals surface area contributed by atoms with Crippen molar-refractivity contribution >= 4 is 40.9 Å². The van der Waals surface area contributed by atoms with Crippen molar-refractivity contribution in [3.63, 3.8) is 0 Å². The third-order valence-corrected chi connectivity index (χ3v) is 6.14. The maximum Gasteiger partial charge on any atom is 0.250 e. The van der Waals surface area contributed by atoms with Crippen LogP contribution in [0, 0.1) is 5.41 Å². The minimum absolute atomic E-state index is 0.0393. The van der Waals surface area contributed by atoms with E-state index in [0.29, 0.717) is 17.8 Å². The molecule has 34 heavy (non-hydrogen) atoms. The van der Waals surface area contributed by atoms with Gasteiger partial charge in [-0.15, -0.1) is 11.8 Å². The van der Waals surface area contributed by atoms with Gasteiger partial charge in [0.2, 0.25) is 11.8 Å². The Hall–Kier alpha value is -3.58. The van der Waals surface area contributed by atoms with E-state index < -0.39 is 11.2 Å². The number of primary amides is 1. The molecule has 1 unspecified atom stereocenters. The summed E-state index contributed by atoms with van der Waals surface area (Å²) in [5.74, 6) is -0.918. The highest BCUT2D eigenvalue weighted by Gasteiger charge is 2.23. The molecular formula is C27H29N3O3S.